The third-order valence-corrected chi connectivity index (χ3v) is 14.5. The number of benzene rings is 2. The summed E-state index contributed by atoms with van der Waals surface area (Å²) in [5.74, 6) is 0.130. The van der Waals surface area contributed by atoms with Gasteiger partial charge in [-0.05, 0) is 100 Å². The van der Waals surface area contributed by atoms with Crippen molar-refractivity contribution in [2.75, 3.05) is 58.4 Å². The summed E-state index contributed by atoms with van der Waals surface area (Å²) in [6, 6.07) is 10.6. The first kappa shape index (κ1) is 50.9. The summed E-state index contributed by atoms with van der Waals surface area (Å²) in [4.78, 5) is 63.8. The fraction of sp³-hybridized carbons (Fsp3) is 0.520. The highest BCUT2D eigenvalue weighted by Gasteiger charge is 2.46. The van der Waals surface area contributed by atoms with E-state index in [0.29, 0.717) is 112 Å². The van der Waals surface area contributed by atoms with Gasteiger partial charge in [0.15, 0.2) is 22.2 Å². The average molecular weight is 1020 g/mol. The number of esters is 1. The second-order valence-corrected chi connectivity index (χ2v) is 19.2. The molecule has 2 amide bonds. The molecular weight excluding hydrogens is 953 g/mol. The lowest BCUT2D eigenvalue weighted by Crippen LogP contribution is -2.59. The minimum atomic E-state index is -1.96. The number of aromatic nitrogens is 2. The number of thiocarbonyl (C=S) groups is 1. The van der Waals surface area contributed by atoms with Gasteiger partial charge in [-0.1, -0.05) is 6.92 Å². The third kappa shape index (κ3) is 9.93. The van der Waals surface area contributed by atoms with Crippen molar-refractivity contribution in [1.29, 1.82) is 0 Å². The van der Waals surface area contributed by atoms with Crippen LogP contribution in [0.3, 0.4) is 0 Å². The first-order chi connectivity index (χ1) is 34.6. The molecule has 2 aromatic heterocycles. The molecular formula is C50H62N8O13S. The van der Waals surface area contributed by atoms with E-state index in [1.54, 1.807) is 60.6 Å². The number of carbonyl (C=O) groups is 3. The topological polar surface area (TPSA) is 271 Å². The van der Waals surface area contributed by atoms with E-state index in [0.717, 1.165) is 16.5 Å². The van der Waals surface area contributed by atoms with Crippen molar-refractivity contribution >= 4 is 51.7 Å². The molecule has 5 aliphatic heterocycles. The summed E-state index contributed by atoms with van der Waals surface area (Å²) >= 11 is 5.62. The second-order valence-electron chi connectivity index (χ2n) is 18.8. The summed E-state index contributed by atoms with van der Waals surface area (Å²) in [5.41, 5.74) is 8.00. The number of methoxy groups -OCH3 is 1. The zero-order chi connectivity index (χ0) is 51.0. The van der Waals surface area contributed by atoms with Crippen LogP contribution in [-0.2, 0) is 53.9 Å². The molecule has 8 N–H and O–H groups in total. The van der Waals surface area contributed by atoms with Crippen molar-refractivity contribution in [1.82, 2.24) is 30.0 Å². The second kappa shape index (κ2) is 21.2. The van der Waals surface area contributed by atoms with Crippen molar-refractivity contribution in [3.8, 4) is 28.6 Å². The van der Waals surface area contributed by atoms with Crippen LogP contribution in [0.4, 0.5) is 5.69 Å². The zero-order valence-corrected chi connectivity index (χ0v) is 41.5. The number of rotatable bonds is 15. The number of aliphatic hydroxyl groups excluding tert-OH is 2. The van der Waals surface area contributed by atoms with Gasteiger partial charge in [0.2, 0.25) is 18.1 Å². The lowest BCUT2D eigenvalue weighted by molar-refractivity contribution is -0.272. The maximum atomic E-state index is 14.1. The SMILES string of the molecule is CCC1(O)C(=O)OCc2c1cc1n(c2=O)Cc2c-1nc1cc3c(cc1c2CN1CCN(C(=O)[C@H](C)NC(=O)C(CCCCN)NC(=S)Nc2ccc(OC4O[C@@H](C)[C@@H](O)[C@@H](OC)[C@@H]4O)cc2)CC1)OCCO3. The van der Waals surface area contributed by atoms with Gasteiger partial charge in [-0.25, -0.2) is 9.78 Å². The molecule has 0 aliphatic carbocycles. The Kier molecular flexibility index (Phi) is 15.0. The number of hydrogen-bond acceptors (Lipinski definition) is 17. The molecule has 0 bridgehead atoms. The Morgan fingerprint density at radius 1 is 0.986 bits per heavy atom. The van der Waals surface area contributed by atoms with Crippen LogP contribution in [0.15, 0.2) is 47.3 Å². The van der Waals surface area contributed by atoms with Crippen molar-refractivity contribution < 1.29 is 58.1 Å². The molecule has 0 spiro atoms. The van der Waals surface area contributed by atoms with Crippen molar-refractivity contribution in [2.24, 2.45) is 5.73 Å². The number of fused-ring (bicyclic) bond motifs is 6. The summed E-state index contributed by atoms with van der Waals surface area (Å²) in [6.45, 7) is 8.50. The van der Waals surface area contributed by atoms with Gasteiger partial charge < -0.3 is 74.9 Å². The van der Waals surface area contributed by atoms with Crippen LogP contribution in [0.5, 0.6) is 17.2 Å². The maximum absolute atomic E-state index is 14.1. The monoisotopic (exact) mass is 1010 g/mol. The smallest absolute Gasteiger partial charge is 0.343 e. The number of unbranched alkanes of at least 4 members (excludes halogenated alkanes) is 1. The number of anilines is 1. The van der Waals surface area contributed by atoms with Crippen LogP contribution >= 0.6 is 12.2 Å². The fourth-order valence-electron chi connectivity index (χ4n) is 10.1. The summed E-state index contributed by atoms with van der Waals surface area (Å²) in [5, 5.41) is 42.5. The van der Waals surface area contributed by atoms with Crippen molar-refractivity contribution in [3.63, 3.8) is 0 Å². The number of piperazine rings is 1. The molecule has 0 radical (unpaired) electrons. The summed E-state index contributed by atoms with van der Waals surface area (Å²) in [6.07, 6.45) is -3.08. The summed E-state index contributed by atoms with van der Waals surface area (Å²) < 4.78 is 35.6. The molecule has 72 heavy (non-hydrogen) atoms. The molecule has 7 heterocycles. The molecule has 22 heteroatoms. The highest BCUT2D eigenvalue weighted by Crippen LogP contribution is 2.43. The van der Waals surface area contributed by atoms with E-state index in [1.807, 2.05) is 12.1 Å². The molecule has 9 rings (SSSR count). The van der Waals surface area contributed by atoms with Gasteiger partial charge in [0.1, 0.15) is 56.0 Å². The molecule has 5 aliphatic rings. The third-order valence-electron chi connectivity index (χ3n) is 14.3. The predicted octanol–water partition coefficient (Wildman–Crippen LogP) is 1.34. The quantitative estimate of drug-likeness (QED) is 0.0443. The van der Waals surface area contributed by atoms with Gasteiger partial charge in [0.05, 0.1) is 35.1 Å². The lowest BCUT2D eigenvalue weighted by atomic mass is 9.86. The van der Waals surface area contributed by atoms with Gasteiger partial charge >= 0.3 is 5.97 Å². The minimum Gasteiger partial charge on any atom is -0.486 e. The van der Waals surface area contributed by atoms with Gasteiger partial charge in [-0.3, -0.25) is 19.3 Å². The van der Waals surface area contributed by atoms with Crippen LogP contribution in [0, 0.1) is 0 Å². The minimum absolute atomic E-state index is 0.0269. The fourth-order valence-corrected chi connectivity index (χ4v) is 10.3. The van der Waals surface area contributed by atoms with Crippen molar-refractivity contribution in [3.05, 3.63) is 75.1 Å². The molecule has 2 aromatic carbocycles. The zero-order valence-electron chi connectivity index (χ0n) is 40.7. The number of ether oxygens (including phenoxy) is 6. The number of aliphatic hydroxyl groups is 3. The Balaban J connectivity index is 0.843. The molecule has 21 nitrogen and oxygen atoms in total. The number of cyclic esters (lactones) is 1. The Hall–Kier alpha value is -5.98. The predicted molar refractivity (Wildman–Crippen MR) is 265 cm³/mol. The van der Waals surface area contributed by atoms with E-state index in [2.05, 4.69) is 20.9 Å². The number of amides is 2. The Labute approximate surface area is 420 Å². The molecule has 0 saturated carbocycles. The Morgan fingerprint density at radius 3 is 2.40 bits per heavy atom. The largest absolute Gasteiger partial charge is 0.486 e. The lowest BCUT2D eigenvalue weighted by Gasteiger charge is -2.40. The number of pyridine rings is 2. The van der Waals surface area contributed by atoms with Gasteiger partial charge in [0.25, 0.3) is 5.56 Å². The first-order valence-corrected chi connectivity index (χ1v) is 24.9. The van der Waals surface area contributed by atoms with Crippen LogP contribution in [-0.4, -0.2) is 153 Å². The van der Waals surface area contributed by atoms with Crippen molar-refractivity contribution in [2.45, 2.75) is 115 Å². The maximum Gasteiger partial charge on any atom is 0.343 e. The molecule has 4 aromatic rings. The normalized spacial score (nSPS) is 24.3. The van der Waals surface area contributed by atoms with Gasteiger partial charge in [-0.15, -0.1) is 0 Å². The Morgan fingerprint density at radius 2 is 1.71 bits per heavy atom. The first-order valence-electron chi connectivity index (χ1n) is 24.4. The molecule has 2 saturated heterocycles. The average Bonchev–Trinajstić information content (AvgIpc) is 3.75. The van der Waals surface area contributed by atoms with Crippen LogP contribution in [0.1, 0.15) is 68.7 Å². The number of hydrogen-bond donors (Lipinski definition) is 7. The molecule has 2 fully saturated rings. The van der Waals surface area contributed by atoms with Crippen LogP contribution in [0.2, 0.25) is 0 Å². The van der Waals surface area contributed by atoms with E-state index < -0.39 is 60.3 Å². The number of nitrogens with two attached hydrogens (primary N) is 1. The van der Waals surface area contributed by atoms with Gasteiger partial charge in [0, 0.05) is 68.1 Å². The van der Waals surface area contributed by atoms with E-state index in [-0.39, 0.29) is 47.3 Å². The highest BCUT2D eigenvalue weighted by atomic mass is 32.1. The van der Waals surface area contributed by atoms with Crippen LogP contribution < -0.4 is 41.5 Å². The van der Waals surface area contributed by atoms with E-state index in [1.165, 1.54) is 7.11 Å². The van der Waals surface area contributed by atoms with E-state index in [4.69, 9.17) is 51.4 Å². The molecule has 3 unspecified atom stereocenters. The molecule has 8 atom stereocenters. The van der Waals surface area contributed by atoms with Gasteiger partial charge in [-0.2, -0.15) is 0 Å². The van der Waals surface area contributed by atoms with Crippen LogP contribution in [0.25, 0.3) is 22.3 Å². The summed E-state index contributed by atoms with van der Waals surface area (Å²) in [7, 11) is 1.40. The van der Waals surface area contributed by atoms with E-state index in [9.17, 15) is 34.5 Å². The number of carbonyl (C=O) groups excluding carboxylic acids is 3. The Bertz CT molecular complexity index is 2790. The highest BCUT2D eigenvalue weighted by molar-refractivity contribution is 7.80. The van der Waals surface area contributed by atoms with E-state index >= 15 is 0 Å². The number of nitrogens with zero attached hydrogens (tertiary/aromatic N) is 4. The standard InChI is InChI=1S/C50H62N8O13S/c1-5-50(65)34-21-37-40-32(24-58(37)46(63)33(34)25-69-48(50)64)31(30-20-38-39(22-36(30)54-40)68-19-18-67-38)23-56-14-16-57(17-15-56)45(62)26(2)52-44(61)35(8-6-7-13-51)55-49(72)53-28-9-11-29(12-10-28)71-47-42(60)43(66-4)41(59)27(3)70-47/h9-12,20-22,26-27,35,41-43,47,59-60,65H,5-8,13-19,23-25,51H2,1-4H3,(H,52,61)(H2,53,55,72)/t26-,27-,35?,41+,42-,43+,47?,50?/m0/s1. The number of nitrogens with one attached hydrogen (secondary N) is 3. The molecule has 386 valence electrons.